The van der Waals surface area contributed by atoms with Crippen LogP contribution in [0, 0.1) is 5.92 Å². The highest BCUT2D eigenvalue weighted by atomic mass is 31.2. The van der Waals surface area contributed by atoms with Crippen LogP contribution < -0.4 is 10.6 Å². The fourth-order valence-electron chi connectivity index (χ4n) is 4.95. The average molecular weight is 539 g/mol. The maximum Gasteiger partial charge on any atom is 0.331 e. The van der Waals surface area contributed by atoms with Crippen LogP contribution in [0.15, 0.2) is 0 Å². The van der Waals surface area contributed by atoms with Crippen LogP contribution in [0.2, 0.25) is 0 Å². The predicted octanol–water partition coefficient (Wildman–Crippen LogP) is 0.0941. The molecular formula is C23H43N2O10P. The molecule has 2 fully saturated rings. The quantitative estimate of drug-likeness (QED) is 0.104. The summed E-state index contributed by atoms with van der Waals surface area (Å²) in [6.07, 6.45) is 3.99. The number of amides is 1. The van der Waals surface area contributed by atoms with Gasteiger partial charge in [-0.2, -0.15) is 0 Å². The number of carboxylic acids is 1. The van der Waals surface area contributed by atoms with E-state index in [2.05, 4.69) is 10.6 Å². The Labute approximate surface area is 212 Å². The van der Waals surface area contributed by atoms with Gasteiger partial charge in [0.15, 0.2) is 5.54 Å². The first-order chi connectivity index (χ1) is 16.9. The van der Waals surface area contributed by atoms with Gasteiger partial charge in [-0.1, -0.05) is 44.9 Å². The second kappa shape index (κ2) is 14.2. The first-order valence-corrected chi connectivity index (χ1v) is 14.5. The number of unbranched alkanes of at least 4 members (excludes halogenated alkanes) is 1. The number of aliphatic carboxylic acids is 1. The minimum Gasteiger partial charge on any atom is -0.479 e. The second-order valence-corrected chi connectivity index (χ2v) is 12.4. The van der Waals surface area contributed by atoms with Crippen LogP contribution in [-0.2, 0) is 18.7 Å². The van der Waals surface area contributed by atoms with Gasteiger partial charge in [0, 0.05) is 12.5 Å². The number of rotatable bonds is 15. The summed E-state index contributed by atoms with van der Waals surface area (Å²) in [4.78, 5) is 34.3. The van der Waals surface area contributed by atoms with Gasteiger partial charge in [0.25, 0.3) is 0 Å². The SMILES string of the molecule is CC(COP(=O)(O)C[C@H](O)C[C@H]1N[C@H](CO)[C@@H](O)[C@@H]1O)(NC(=O)CCCCC1CCCCC1)C(=O)O. The number of hydrogen-bond acceptors (Lipinski definition) is 9. The van der Waals surface area contributed by atoms with Crippen molar-refractivity contribution < 1.29 is 49.1 Å². The molecule has 1 amide bonds. The first kappa shape index (κ1) is 31.1. The monoisotopic (exact) mass is 538 g/mol. The van der Waals surface area contributed by atoms with Gasteiger partial charge in [-0.3, -0.25) is 9.36 Å². The Balaban J connectivity index is 1.78. The highest BCUT2D eigenvalue weighted by Gasteiger charge is 2.43. The average Bonchev–Trinajstić information content (AvgIpc) is 3.08. The molecule has 0 aromatic rings. The van der Waals surface area contributed by atoms with Gasteiger partial charge in [-0.25, -0.2) is 4.79 Å². The Morgan fingerprint density at radius 3 is 2.36 bits per heavy atom. The minimum atomic E-state index is -4.47. The number of aliphatic hydroxyl groups is 4. The molecule has 1 heterocycles. The van der Waals surface area contributed by atoms with Gasteiger partial charge >= 0.3 is 13.6 Å². The molecule has 7 atom stereocenters. The molecular weight excluding hydrogens is 495 g/mol. The van der Waals surface area contributed by atoms with E-state index in [1.807, 2.05) is 0 Å². The lowest BCUT2D eigenvalue weighted by Crippen LogP contribution is -2.55. The number of aliphatic hydroxyl groups excluding tert-OH is 4. The number of carbonyl (C=O) groups is 2. The van der Waals surface area contributed by atoms with E-state index < -0.39 is 74.8 Å². The zero-order valence-corrected chi connectivity index (χ0v) is 21.8. The third kappa shape index (κ3) is 9.64. The van der Waals surface area contributed by atoms with Gasteiger partial charge in [0.05, 0.1) is 43.7 Å². The smallest absolute Gasteiger partial charge is 0.331 e. The van der Waals surface area contributed by atoms with Gasteiger partial charge in [-0.05, 0) is 25.7 Å². The van der Waals surface area contributed by atoms with Crippen LogP contribution in [0.5, 0.6) is 0 Å². The van der Waals surface area contributed by atoms with Crippen molar-refractivity contribution in [2.45, 2.75) is 107 Å². The van der Waals surface area contributed by atoms with Crippen LogP contribution >= 0.6 is 7.60 Å². The van der Waals surface area contributed by atoms with Crippen LogP contribution in [0.25, 0.3) is 0 Å². The Hall–Kier alpha value is -1.11. The van der Waals surface area contributed by atoms with Gasteiger partial charge < -0.3 is 45.6 Å². The molecule has 210 valence electrons. The van der Waals surface area contributed by atoms with Crippen LogP contribution in [0.3, 0.4) is 0 Å². The molecule has 0 radical (unpaired) electrons. The van der Waals surface area contributed by atoms with E-state index in [4.69, 9.17) is 4.52 Å². The fourth-order valence-corrected chi connectivity index (χ4v) is 6.20. The molecule has 0 bridgehead atoms. The molecule has 1 saturated carbocycles. The van der Waals surface area contributed by atoms with E-state index in [-0.39, 0.29) is 12.8 Å². The molecule has 13 heteroatoms. The molecule has 0 aromatic heterocycles. The summed E-state index contributed by atoms with van der Waals surface area (Å²) in [5, 5.41) is 53.9. The molecule has 12 nitrogen and oxygen atoms in total. The van der Waals surface area contributed by atoms with E-state index in [0.717, 1.165) is 12.8 Å². The highest BCUT2D eigenvalue weighted by Crippen LogP contribution is 2.44. The second-order valence-electron chi connectivity index (χ2n) is 10.5. The van der Waals surface area contributed by atoms with Gasteiger partial charge in [-0.15, -0.1) is 0 Å². The van der Waals surface area contributed by atoms with Crippen molar-refractivity contribution in [3.63, 3.8) is 0 Å². The van der Waals surface area contributed by atoms with Gasteiger partial charge in [0.2, 0.25) is 5.91 Å². The Morgan fingerprint density at radius 2 is 1.78 bits per heavy atom. The summed E-state index contributed by atoms with van der Waals surface area (Å²) in [7, 11) is -4.47. The van der Waals surface area contributed by atoms with E-state index in [1.54, 1.807) is 0 Å². The Bertz CT molecular complexity index is 765. The summed E-state index contributed by atoms with van der Waals surface area (Å²) in [6.45, 7) is -0.0421. The molecule has 8 N–H and O–H groups in total. The summed E-state index contributed by atoms with van der Waals surface area (Å²) in [5.41, 5.74) is -1.94. The van der Waals surface area contributed by atoms with E-state index in [0.29, 0.717) is 12.3 Å². The lowest BCUT2D eigenvalue weighted by molar-refractivity contribution is -0.148. The summed E-state index contributed by atoms with van der Waals surface area (Å²) >= 11 is 0. The summed E-state index contributed by atoms with van der Waals surface area (Å²) in [6, 6.07) is -1.62. The van der Waals surface area contributed by atoms with Gasteiger partial charge in [0.1, 0.15) is 0 Å². The molecule has 2 rings (SSSR count). The molecule has 1 aliphatic carbocycles. The molecule has 1 saturated heterocycles. The third-order valence-corrected chi connectivity index (χ3v) is 8.62. The summed E-state index contributed by atoms with van der Waals surface area (Å²) in [5.74, 6) is -1.22. The van der Waals surface area contributed by atoms with Crippen molar-refractivity contribution >= 4 is 19.5 Å². The van der Waals surface area contributed by atoms with Crippen molar-refractivity contribution in [3.8, 4) is 0 Å². The minimum absolute atomic E-state index is 0.141. The normalized spacial score (nSPS) is 29.3. The van der Waals surface area contributed by atoms with E-state index in [9.17, 15) is 44.6 Å². The Kier molecular flexibility index (Phi) is 12.2. The van der Waals surface area contributed by atoms with E-state index in [1.165, 1.54) is 39.0 Å². The van der Waals surface area contributed by atoms with E-state index >= 15 is 0 Å². The standard InChI is InChI=1S/C23H43N2O10P/c1-23(22(31)32,25-19(28)10-6-5-9-15-7-3-2-4-8-15)14-35-36(33,34)13-16(27)11-17-20(29)21(30)18(12-26)24-17/h15-18,20-21,24,26-27,29-30H,2-14H2,1H3,(H,25,28)(H,31,32)(H,33,34)/t16-,17-,18-,20-,21-,23?/m1/s1. The number of carboxylic acid groups (broad SMARTS) is 1. The number of carbonyl (C=O) groups excluding carboxylic acids is 1. The maximum atomic E-state index is 12.5. The van der Waals surface area contributed by atoms with Crippen molar-refractivity contribution in [2.75, 3.05) is 19.4 Å². The van der Waals surface area contributed by atoms with Crippen molar-refractivity contribution in [2.24, 2.45) is 5.92 Å². The van der Waals surface area contributed by atoms with Crippen LogP contribution in [0.1, 0.15) is 71.1 Å². The van der Waals surface area contributed by atoms with Crippen molar-refractivity contribution in [1.82, 2.24) is 10.6 Å². The number of hydrogen-bond donors (Lipinski definition) is 8. The molecule has 1 aliphatic heterocycles. The third-order valence-electron chi connectivity index (χ3n) is 7.20. The van der Waals surface area contributed by atoms with Crippen molar-refractivity contribution in [1.29, 1.82) is 0 Å². The highest BCUT2D eigenvalue weighted by molar-refractivity contribution is 7.52. The molecule has 0 spiro atoms. The lowest BCUT2D eigenvalue weighted by Gasteiger charge is -2.28. The largest absolute Gasteiger partial charge is 0.479 e. The Morgan fingerprint density at radius 1 is 1.14 bits per heavy atom. The molecule has 36 heavy (non-hydrogen) atoms. The number of nitrogens with one attached hydrogen (secondary N) is 2. The van der Waals surface area contributed by atoms with Crippen LogP contribution in [0.4, 0.5) is 0 Å². The molecule has 0 aromatic carbocycles. The maximum absolute atomic E-state index is 12.5. The van der Waals surface area contributed by atoms with Crippen LogP contribution in [-0.4, -0.2) is 97.6 Å². The first-order valence-electron chi connectivity index (χ1n) is 12.8. The topological polar surface area (TPSA) is 206 Å². The zero-order valence-electron chi connectivity index (χ0n) is 20.9. The predicted molar refractivity (Wildman–Crippen MR) is 130 cm³/mol. The fraction of sp³-hybridized carbons (Fsp3) is 0.913. The van der Waals surface area contributed by atoms with Crippen molar-refractivity contribution in [3.05, 3.63) is 0 Å². The molecule has 2 aliphatic rings. The zero-order chi connectivity index (χ0) is 26.9. The lowest BCUT2D eigenvalue weighted by atomic mass is 9.85. The summed E-state index contributed by atoms with van der Waals surface area (Å²) < 4.78 is 17.4. The molecule has 2 unspecified atom stereocenters.